The van der Waals surface area contributed by atoms with Crippen molar-refractivity contribution in [1.29, 1.82) is 0 Å². The van der Waals surface area contributed by atoms with Crippen LogP contribution in [0.5, 0.6) is 0 Å². The Morgan fingerprint density at radius 3 is 1.33 bits per heavy atom. The van der Waals surface area contributed by atoms with Crippen LogP contribution in [0.3, 0.4) is 0 Å². The number of fused-ring (bicyclic) bond motifs is 3. The lowest BCUT2D eigenvalue weighted by Gasteiger charge is -2.16. The van der Waals surface area contributed by atoms with Crippen LogP contribution in [0.2, 0.25) is 0 Å². The van der Waals surface area contributed by atoms with E-state index in [0.29, 0.717) is 22.3 Å². The van der Waals surface area contributed by atoms with Crippen LogP contribution in [0.4, 0.5) is 0 Å². The highest BCUT2D eigenvalue weighted by atomic mass is 32.2. The molecule has 0 heterocycles. The minimum atomic E-state index is -4.20. The van der Waals surface area contributed by atoms with Crippen molar-refractivity contribution >= 4 is 32.0 Å². The normalized spacial score (nSPS) is 14.0. The van der Waals surface area contributed by atoms with Gasteiger partial charge in [0, 0.05) is 0 Å². The molecular weight excluding hydrogens is 592 g/mol. The average molecular weight is 621 g/mol. The van der Waals surface area contributed by atoms with Gasteiger partial charge in [-0.2, -0.15) is 9.44 Å². The van der Waals surface area contributed by atoms with Crippen LogP contribution < -0.4 is 9.44 Å². The molecule has 0 radical (unpaired) electrons. The summed E-state index contributed by atoms with van der Waals surface area (Å²) in [4.78, 5) is 23.5. The van der Waals surface area contributed by atoms with Crippen LogP contribution in [-0.2, 0) is 48.9 Å². The zero-order valence-electron chi connectivity index (χ0n) is 22.7. The molecule has 1 aliphatic carbocycles. The minimum absolute atomic E-state index is 0.0366. The summed E-state index contributed by atoms with van der Waals surface area (Å²) >= 11 is 0. The van der Waals surface area contributed by atoms with Gasteiger partial charge in [-0.3, -0.25) is 9.59 Å². The first-order chi connectivity index (χ1) is 20.4. The van der Waals surface area contributed by atoms with E-state index in [1.165, 1.54) is 24.3 Å². The van der Waals surface area contributed by atoms with Crippen LogP contribution in [0.25, 0.3) is 11.1 Å². The smallest absolute Gasteiger partial charge is 0.322 e. The summed E-state index contributed by atoms with van der Waals surface area (Å²) in [5, 5.41) is 19.3. The van der Waals surface area contributed by atoms with E-state index in [2.05, 4.69) is 9.44 Å². The third kappa shape index (κ3) is 6.83. The highest BCUT2D eigenvalue weighted by Gasteiger charge is 2.30. The van der Waals surface area contributed by atoms with Gasteiger partial charge in [0.05, 0.1) is 9.79 Å². The van der Waals surface area contributed by atoms with Crippen LogP contribution in [-0.4, -0.2) is 51.1 Å². The maximum atomic E-state index is 13.2. The minimum Gasteiger partial charge on any atom is -0.480 e. The molecule has 0 saturated carbocycles. The molecule has 1 aliphatic rings. The highest BCUT2D eigenvalue weighted by Crippen LogP contribution is 2.38. The van der Waals surface area contributed by atoms with Crippen molar-refractivity contribution < 1.29 is 36.6 Å². The molecule has 0 saturated heterocycles. The predicted molar refractivity (Wildman–Crippen MR) is 158 cm³/mol. The lowest BCUT2D eigenvalue weighted by molar-refractivity contribution is -0.139. The van der Waals surface area contributed by atoms with E-state index in [-0.39, 0.29) is 29.1 Å². The number of carbonyl (C=O) groups is 2. The Bertz CT molecular complexity index is 1760. The Labute approximate surface area is 249 Å². The van der Waals surface area contributed by atoms with E-state index in [9.17, 15) is 36.6 Å². The molecule has 0 aromatic heterocycles. The molecule has 0 unspecified atom stereocenters. The van der Waals surface area contributed by atoms with Crippen molar-refractivity contribution in [2.75, 3.05) is 0 Å². The molecule has 5 rings (SSSR count). The van der Waals surface area contributed by atoms with E-state index in [0.717, 1.165) is 11.1 Å². The maximum absolute atomic E-state index is 13.2. The second kappa shape index (κ2) is 12.1. The zero-order chi connectivity index (χ0) is 30.8. The molecule has 0 bridgehead atoms. The lowest BCUT2D eigenvalue weighted by Crippen LogP contribution is -2.42. The summed E-state index contributed by atoms with van der Waals surface area (Å²) in [6.07, 6.45) is 0.159. The van der Waals surface area contributed by atoms with Crippen LogP contribution >= 0.6 is 0 Å². The molecule has 10 nitrogen and oxygen atoms in total. The number of carboxylic acids is 2. The molecule has 0 amide bonds. The first kappa shape index (κ1) is 30.1. The third-order valence-corrected chi connectivity index (χ3v) is 10.1. The molecule has 4 N–H and O–H groups in total. The number of benzene rings is 4. The van der Waals surface area contributed by atoms with E-state index in [1.54, 1.807) is 72.8 Å². The van der Waals surface area contributed by atoms with Crippen molar-refractivity contribution in [3.8, 4) is 11.1 Å². The molecule has 0 aliphatic heterocycles. The second-order valence-electron chi connectivity index (χ2n) is 10.2. The van der Waals surface area contributed by atoms with Crippen LogP contribution in [0, 0.1) is 0 Å². The lowest BCUT2D eigenvalue weighted by atomic mass is 10.1. The summed E-state index contributed by atoms with van der Waals surface area (Å²) in [7, 11) is -8.41. The molecular formula is C31H28N2O8S2. The van der Waals surface area contributed by atoms with Gasteiger partial charge in [0.2, 0.25) is 20.0 Å². The first-order valence-corrected chi connectivity index (χ1v) is 16.2. The fourth-order valence-electron chi connectivity index (χ4n) is 5.07. The Balaban J connectivity index is 1.34. The number of hydrogen-bond acceptors (Lipinski definition) is 6. The number of aliphatic carboxylic acids is 2. The summed E-state index contributed by atoms with van der Waals surface area (Å²) in [5.41, 5.74) is 4.02. The van der Waals surface area contributed by atoms with Gasteiger partial charge in [-0.15, -0.1) is 0 Å². The number of carboxylic acid groups (broad SMARTS) is 2. The Kier molecular flexibility index (Phi) is 8.47. The quantitative estimate of drug-likeness (QED) is 0.165. The van der Waals surface area contributed by atoms with Gasteiger partial charge >= 0.3 is 11.9 Å². The molecule has 43 heavy (non-hydrogen) atoms. The van der Waals surface area contributed by atoms with E-state index >= 15 is 0 Å². The van der Waals surface area contributed by atoms with E-state index < -0.39 is 44.1 Å². The van der Waals surface area contributed by atoms with Gasteiger partial charge in [0.25, 0.3) is 0 Å². The Hall–Kier alpha value is -4.36. The number of rotatable bonds is 12. The van der Waals surface area contributed by atoms with Crippen molar-refractivity contribution in [3.05, 3.63) is 119 Å². The summed E-state index contributed by atoms with van der Waals surface area (Å²) in [6.45, 7) is 0. The maximum Gasteiger partial charge on any atom is 0.322 e. The molecule has 12 heteroatoms. The third-order valence-electron chi connectivity index (χ3n) is 7.20. The van der Waals surface area contributed by atoms with Crippen molar-refractivity contribution in [1.82, 2.24) is 9.44 Å². The topological polar surface area (TPSA) is 167 Å². The first-order valence-electron chi connectivity index (χ1n) is 13.3. The zero-order valence-corrected chi connectivity index (χ0v) is 24.3. The molecule has 0 spiro atoms. The molecule has 4 aromatic rings. The Morgan fingerprint density at radius 2 is 0.977 bits per heavy atom. The van der Waals surface area contributed by atoms with Crippen molar-refractivity contribution in [2.24, 2.45) is 0 Å². The van der Waals surface area contributed by atoms with Gasteiger partial charge in [0.15, 0.2) is 0 Å². The SMILES string of the molecule is O=C(O)[C@@H](Cc1ccccc1)NS(=O)(=O)c1ccc2c(c1)Cc1cc(S(=O)(=O)N[C@H](Cc3ccccc3)C(=O)O)ccc1-2. The van der Waals surface area contributed by atoms with Crippen molar-refractivity contribution in [2.45, 2.75) is 41.1 Å². The largest absolute Gasteiger partial charge is 0.480 e. The number of hydrogen-bond donors (Lipinski definition) is 4. The summed E-state index contributed by atoms with van der Waals surface area (Å²) in [5.74, 6) is -2.62. The van der Waals surface area contributed by atoms with E-state index in [1.807, 2.05) is 0 Å². The standard InChI is InChI=1S/C31H28N2O8S2/c34-30(35)28(15-20-7-3-1-4-8-20)32-42(38,39)24-11-13-26-22(18-24)17-23-19-25(12-14-27(23)26)43(40,41)33-29(31(36)37)16-21-9-5-2-6-10-21/h1-14,18-19,28-29,32-33H,15-17H2,(H,34,35)(H,36,37)/t28-,29-/m1/s1. The van der Waals surface area contributed by atoms with Gasteiger partial charge in [0.1, 0.15) is 12.1 Å². The number of nitrogens with one attached hydrogen (secondary N) is 2. The van der Waals surface area contributed by atoms with Gasteiger partial charge in [-0.25, -0.2) is 16.8 Å². The molecule has 0 fully saturated rings. The molecule has 4 aromatic carbocycles. The Morgan fingerprint density at radius 1 is 0.605 bits per heavy atom. The van der Waals surface area contributed by atoms with Gasteiger partial charge in [-0.05, 0) is 76.9 Å². The fraction of sp³-hybridized carbons (Fsp3) is 0.161. The molecule has 2 atom stereocenters. The van der Waals surface area contributed by atoms with Gasteiger partial charge in [-0.1, -0.05) is 72.8 Å². The van der Waals surface area contributed by atoms with Gasteiger partial charge < -0.3 is 10.2 Å². The van der Waals surface area contributed by atoms with Crippen molar-refractivity contribution in [3.63, 3.8) is 0 Å². The predicted octanol–water partition coefficient (Wildman–Crippen LogP) is 3.21. The average Bonchev–Trinajstić information content (AvgIpc) is 3.34. The second-order valence-corrected chi connectivity index (χ2v) is 13.6. The van der Waals surface area contributed by atoms with Crippen LogP contribution in [0.1, 0.15) is 22.3 Å². The summed E-state index contributed by atoms with van der Waals surface area (Å²) in [6, 6.07) is 23.5. The number of sulfonamides is 2. The molecule has 222 valence electrons. The summed E-state index contributed by atoms with van der Waals surface area (Å²) < 4.78 is 57.3. The monoisotopic (exact) mass is 620 g/mol. The highest BCUT2D eigenvalue weighted by molar-refractivity contribution is 7.89. The fourth-order valence-corrected chi connectivity index (χ4v) is 7.55. The van der Waals surface area contributed by atoms with Crippen LogP contribution in [0.15, 0.2) is 107 Å². The van der Waals surface area contributed by atoms with E-state index in [4.69, 9.17) is 0 Å².